The van der Waals surface area contributed by atoms with Crippen molar-refractivity contribution in [2.75, 3.05) is 0 Å². The van der Waals surface area contributed by atoms with Gasteiger partial charge in [-0.2, -0.15) is 5.10 Å². The first-order chi connectivity index (χ1) is 11.8. The monoisotopic (exact) mass is 326 g/mol. The molecule has 2 heterocycles. The number of benzene rings is 1. The fraction of sp³-hybridized carbons (Fsp3) is 0.312. The van der Waals surface area contributed by atoms with Crippen LogP contribution in [0.1, 0.15) is 36.1 Å². The number of ether oxygens (including phenoxy) is 1. The molecule has 0 aliphatic rings. The number of aromatic amines is 1. The summed E-state index contributed by atoms with van der Waals surface area (Å²) in [5, 5.41) is 18.2. The number of aromatic nitrogens is 6. The lowest BCUT2D eigenvalue weighted by molar-refractivity contribution is 0.0449. The SMILES string of the molecule is CCCCn1nnnc1COC(=O)c1cc(-c2ccccc2)n[nH]1. The number of hydrogen-bond donors (Lipinski definition) is 1. The minimum atomic E-state index is -0.491. The van der Waals surface area contributed by atoms with E-state index < -0.39 is 5.97 Å². The van der Waals surface area contributed by atoms with Crippen molar-refractivity contribution in [3.05, 3.63) is 47.9 Å². The zero-order valence-corrected chi connectivity index (χ0v) is 13.3. The molecular formula is C16H18N6O2. The molecule has 0 fully saturated rings. The Balaban J connectivity index is 1.62. The maximum absolute atomic E-state index is 12.1. The number of nitrogens with one attached hydrogen (secondary N) is 1. The Morgan fingerprint density at radius 2 is 2.12 bits per heavy atom. The Morgan fingerprint density at radius 3 is 2.92 bits per heavy atom. The van der Waals surface area contributed by atoms with E-state index in [9.17, 15) is 4.79 Å². The van der Waals surface area contributed by atoms with Gasteiger partial charge in [0.15, 0.2) is 12.4 Å². The van der Waals surface area contributed by atoms with Gasteiger partial charge < -0.3 is 4.74 Å². The van der Waals surface area contributed by atoms with E-state index >= 15 is 0 Å². The van der Waals surface area contributed by atoms with E-state index in [1.54, 1.807) is 10.7 Å². The summed E-state index contributed by atoms with van der Waals surface area (Å²) in [5.41, 5.74) is 1.91. The summed E-state index contributed by atoms with van der Waals surface area (Å²) in [6.07, 6.45) is 2.00. The van der Waals surface area contributed by atoms with Gasteiger partial charge in [-0.05, 0) is 22.9 Å². The molecule has 124 valence electrons. The summed E-state index contributed by atoms with van der Waals surface area (Å²) in [5.74, 6) is 0.0364. The van der Waals surface area contributed by atoms with Crippen molar-refractivity contribution in [2.45, 2.75) is 32.9 Å². The van der Waals surface area contributed by atoms with Crippen LogP contribution in [0.4, 0.5) is 0 Å². The molecule has 3 rings (SSSR count). The van der Waals surface area contributed by atoms with Crippen molar-refractivity contribution in [3.63, 3.8) is 0 Å². The molecule has 0 bridgehead atoms. The maximum atomic E-state index is 12.1. The van der Waals surface area contributed by atoms with Crippen molar-refractivity contribution in [3.8, 4) is 11.3 Å². The molecule has 0 aliphatic carbocycles. The third-order valence-electron chi connectivity index (χ3n) is 3.53. The molecule has 0 spiro atoms. The molecule has 8 heteroatoms. The number of esters is 1. The van der Waals surface area contributed by atoms with Crippen molar-refractivity contribution >= 4 is 5.97 Å². The third-order valence-corrected chi connectivity index (χ3v) is 3.53. The molecule has 3 aromatic rings. The van der Waals surface area contributed by atoms with Crippen LogP contribution < -0.4 is 0 Å². The summed E-state index contributed by atoms with van der Waals surface area (Å²) in [7, 11) is 0. The van der Waals surface area contributed by atoms with E-state index in [1.165, 1.54) is 0 Å². The molecular weight excluding hydrogens is 308 g/mol. The van der Waals surface area contributed by atoms with Gasteiger partial charge >= 0.3 is 5.97 Å². The van der Waals surface area contributed by atoms with Crippen LogP contribution in [-0.4, -0.2) is 36.4 Å². The molecule has 8 nitrogen and oxygen atoms in total. The van der Waals surface area contributed by atoms with E-state index in [0.717, 1.165) is 18.4 Å². The van der Waals surface area contributed by atoms with Gasteiger partial charge in [0, 0.05) is 12.1 Å². The average Bonchev–Trinajstić information content (AvgIpc) is 3.28. The summed E-state index contributed by atoms with van der Waals surface area (Å²) in [6.45, 7) is 2.82. The smallest absolute Gasteiger partial charge is 0.356 e. The van der Waals surface area contributed by atoms with E-state index in [4.69, 9.17) is 4.74 Å². The Hall–Kier alpha value is -3.03. The number of nitrogens with zero attached hydrogens (tertiary/aromatic N) is 5. The van der Waals surface area contributed by atoms with Crippen molar-refractivity contribution in [1.29, 1.82) is 0 Å². The van der Waals surface area contributed by atoms with Gasteiger partial charge in [0.25, 0.3) is 0 Å². The lowest BCUT2D eigenvalue weighted by Crippen LogP contribution is -2.11. The van der Waals surface area contributed by atoms with Crippen LogP contribution in [0.2, 0.25) is 0 Å². The minimum Gasteiger partial charge on any atom is -0.453 e. The van der Waals surface area contributed by atoms with Crippen LogP contribution in [0.5, 0.6) is 0 Å². The first-order valence-electron chi connectivity index (χ1n) is 7.81. The molecule has 2 aromatic heterocycles. The zero-order chi connectivity index (χ0) is 16.8. The highest BCUT2D eigenvalue weighted by atomic mass is 16.5. The second kappa shape index (κ2) is 7.49. The highest BCUT2D eigenvalue weighted by Gasteiger charge is 2.14. The lowest BCUT2D eigenvalue weighted by Gasteiger charge is -2.04. The van der Waals surface area contributed by atoms with Gasteiger partial charge in [-0.1, -0.05) is 43.7 Å². The molecule has 0 amide bonds. The Bertz CT molecular complexity index is 796. The molecule has 0 saturated carbocycles. The van der Waals surface area contributed by atoms with Crippen LogP contribution in [0.15, 0.2) is 36.4 Å². The molecule has 0 atom stereocenters. The number of carbonyl (C=O) groups excluding carboxylic acids is 1. The van der Waals surface area contributed by atoms with Crippen LogP contribution in [0, 0.1) is 0 Å². The molecule has 1 N–H and O–H groups in total. The lowest BCUT2D eigenvalue weighted by atomic mass is 10.1. The van der Waals surface area contributed by atoms with Gasteiger partial charge in [0.05, 0.1) is 5.69 Å². The fourth-order valence-corrected chi connectivity index (χ4v) is 2.20. The number of H-pyrrole nitrogens is 1. The quantitative estimate of drug-likeness (QED) is 0.668. The average molecular weight is 326 g/mol. The molecule has 24 heavy (non-hydrogen) atoms. The van der Waals surface area contributed by atoms with Gasteiger partial charge in [-0.3, -0.25) is 5.10 Å². The number of hydrogen-bond acceptors (Lipinski definition) is 6. The topological polar surface area (TPSA) is 98.6 Å². The minimum absolute atomic E-state index is 0.0231. The predicted octanol–water partition coefficient (Wildman–Crippen LogP) is 2.22. The standard InChI is InChI=1S/C16H18N6O2/c1-2-3-9-22-15(19-20-21-22)11-24-16(23)14-10-13(17-18-14)12-7-5-4-6-8-12/h4-8,10H,2-3,9,11H2,1H3,(H,17,18). The van der Waals surface area contributed by atoms with E-state index in [1.807, 2.05) is 30.3 Å². The van der Waals surface area contributed by atoms with Crippen molar-refractivity contribution in [1.82, 2.24) is 30.4 Å². The number of aryl methyl sites for hydroxylation is 1. The fourth-order valence-electron chi connectivity index (χ4n) is 2.20. The van der Waals surface area contributed by atoms with Crippen molar-refractivity contribution < 1.29 is 9.53 Å². The van der Waals surface area contributed by atoms with Crippen LogP contribution >= 0.6 is 0 Å². The van der Waals surface area contributed by atoms with Crippen LogP contribution in [0.3, 0.4) is 0 Å². The van der Waals surface area contributed by atoms with E-state index in [2.05, 4.69) is 32.6 Å². The second-order valence-corrected chi connectivity index (χ2v) is 5.28. The highest BCUT2D eigenvalue weighted by molar-refractivity contribution is 5.88. The number of rotatable bonds is 7. The van der Waals surface area contributed by atoms with Gasteiger partial charge in [0.2, 0.25) is 0 Å². The summed E-state index contributed by atoms with van der Waals surface area (Å²) in [6, 6.07) is 11.3. The summed E-state index contributed by atoms with van der Waals surface area (Å²) in [4.78, 5) is 12.1. The highest BCUT2D eigenvalue weighted by Crippen LogP contribution is 2.17. The maximum Gasteiger partial charge on any atom is 0.356 e. The normalized spacial score (nSPS) is 10.7. The molecule has 1 aromatic carbocycles. The number of unbranched alkanes of at least 4 members (excludes halogenated alkanes) is 1. The first-order valence-corrected chi connectivity index (χ1v) is 7.81. The Kier molecular flexibility index (Phi) is 4.95. The van der Waals surface area contributed by atoms with Crippen LogP contribution in [-0.2, 0) is 17.9 Å². The van der Waals surface area contributed by atoms with Gasteiger partial charge in [-0.15, -0.1) is 5.10 Å². The first kappa shape index (κ1) is 15.9. The van der Waals surface area contributed by atoms with Gasteiger partial charge in [-0.25, -0.2) is 9.48 Å². The molecule has 0 unspecified atom stereocenters. The Morgan fingerprint density at radius 1 is 1.29 bits per heavy atom. The van der Waals surface area contributed by atoms with Crippen molar-refractivity contribution in [2.24, 2.45) is 0 Å². The Labute approximate surface area is 138 Å². The predicted molar refractivity (Wildman–Crippen MR) is 85.9 cm³/mol. The largest absolute Gasteiger partial charge is 0.453 e. The zero-order valence-electron chi connectivity index (χ0n) is 13.3. The number of carbonyl (C=O) groups is 1. The van der Waals surface area contributed by atoms with E-state index in [0.29, 0.717) is 23.8 Å². The molecule has 0 aliphatic heterocycles. The van der Waals surface area contributed by atoms with E-state index in [-0.39, 0.29) is 6.61 Å². The summed E-state index contributed by atoms with van der Waals surface area (Å²) >= 11 is 0. The third kappa shape index (κ3) is 3.65. The number of tetrazole rings is 1. The molecule has 0 saturated heterocycles. The second-order valence-electron chi connectivity index (χ2n) is 5.28. The van der Waals surface area contributed by atoms with Crippen LogP contribution in [0.25, 0.3) is 11.3 Å². The van der Waals surface area contributed by atoms with Gasteiger partial charge in [0.1, 0.15) is 5.69 Å². The molecule has 0 radical (unpaired) electrons. The summed E-state index contributed by atoms with van der Waals surface area (Å²) < 4.78 is 6.92.